The van der Waals surface area contributed by atoms with Gasteiger partial charge in [-0.1, -0.05) is 29.8 Å². The SMILES string of the molecule is Cc1ccc(-c2cc(C(=O)N[C@@H](C)CO)nn2C)cc1. The van der Waals surface area contributed by atoms with E-state index in [1.165, 1.54) is 5.56 Å². The molecule has 20 heavy (non-hydrogen) atoms. The van der Waals surface area contributed by atoms with Gasteiger partial charge in [-0.15, -0.1) is 0 Å². The fourth-order valence-electron chi connectivity index (χ4n) is 1.92. The van der Waals surface area contributed by atoms with Crippen molar-refractivity contribution in [2.75, 3.05) is 6.61 Å². The fraction of sp³-hybridized carbons (Fsp3) is 0.333. The second-order valence-electron chi connectivity index (χ2n) is 4.96. The summed E-state index contributed by atoms with van der Waals surface area (Å²) >= 11 is 0. The number of nitrogens with one attached hydrogen (secondary N) is 1. The summed E-state index contributed by atoms with van der Waals surface area (Å²) in [6.07, 6.45) is 0. The largest absolute Gasteiger partial charge is 0.394 e. The van der Waals surface area contributed by atoms with Gasteiger partial charge in [0.05, 0.1) is 12.3 Å². The molecular weight excluding hydrogens is 254 g/mol. The second kappa shape index (κ2) is 5.88. The smallest absolute Gasteiger partial charge is 0.272 e. The standard InChI is InChI=1S/C15H19N3O2/c1-10-4-6-12(7-5-10)14-8-13(17-18(14)3)15(20)16-11(2)9-19/h4-8,11,19H,9H2,1-3H3,(H,16,20)/t11-/m0/s1. The normalized spacial score (nSPS) is 12.2. The molecule has 0 aliphatic rings. The van der Waals surface area contributed by atoms with Gasteiger partial charge in [0.15, 0.2) is 5.69 Å². The fourth-order valence-corrected chi connectivity index (χ4v) is 1.92. The number of carbonyl (C=O) groups is 1. The maximum absolute atomic E-state index is 12.0. The highest BCUT2D eigenvalue weighted by Gasteiger charge is 2.15. The van der Waals surface area contributed by atoms with E-state index in [1.54, 1.807) is 24.7 Å². The molecule has 0 fully saturated rings. The van der Waals surface area contributed by atoms with Crippen LogP contribution in [0.15, 0.2) is 30.3 Å². The zero-order valence-corrected chi connectivity index (χ0v) is 11.9. The van der Waals surface area contributed by atoms with E-state index in [4.69, 9.17) is 5.11 Å². The number of nitrogens with zero attached hydrogens (tertiary/aromatic N) is 2. The molecule has 1 heterocycles. The van der Waals surface area contributed by atoms with Gasteiger partial charge >= 0.3 is 0 Å². The summed E-state index contributed by atoms with van der Waals surface area (Å²) in [5.41, 5.74) is 3.43. The van der Waals surface area contributed by atoms with Crippen molar-refractivity contribution >= 4 is 5.91 Å². The molecule has 1 aromatic carbocycles. The van der Waals surface area contributed by atoms with E-state index < -0.39 is 0 Å². The molecule has 5 nitrogen and oxygen atoms in total. The lowest BCUT2D eigenvalue weighted by molar-refractivity contribution is 0.0916. The van der Waals surface area contributed by atoms with Crippen LogP contribution in [-0.2, 0) is 7.05 Å². The molecule has 2 rings (SSSR count). The van der Waals surface area contributed by atoms with Crippen LogP contribution >= 0.6 is 0 Å². The first-order chi connectivity index (χ1) is 9.51. The second-order valence-corrected chi connectivity index (χ2v) is 4.96. The van der Waals surface area contributed by atoms with Gasteiger partial charge in [0.25, 0.3) is 5.91 Å². The number of benzene rings is 1. The van der Waals surface area contributed by atoms with Crippen LogP contribution in [0.3, 0.4) is 0 Å². The molecule has 0 aliphatic carbocycles. The molecule has 0 saturated heterocycles. The lowest BCUT2D eigenvalue weighted by Gasteiger charge is -2.08. The monoisotopic (exact) mass is 273 g/mol. The van der Waals surface area contributed by atoms with Crippen molar-refractivity contribution in [1.82, 2.24) is 15.1 Å². The summed E-state index contributed by atoms with van der Waals surface area (Å²) in [6, 6.07) is 9.53. The molecule has 0 spiro atoms. The van der Waals surface area contributed by atoms with Crippen LogP contribution in [0.1, 0.15) is 23.0 Å². The number of carbonyl (C=O) groups excluding carboxylic acids is 1. The van der Waals surface area contributed by atoms with Gasteiger partial charge in [-0.25, -0.2) is 0 Å². The Kier molecular flexibility index (Phi) is 4.20. The molecule has 2 aromatic rings. The quantitative estimate of drug-likeness (QED) is 0.887. The number of aliphatic hydroxyl groups is 1. The zero-order chi connectivity index (χ0) is 14.7. The number of hydrogen-bond acceptors (Lipinski definition) is 3. The van der Waals surface area contributed by atoms with Gasteiger partial charge in [0, 0.05) is 13.1 Å². The van der Waals surface area contributed by atoms with E-state index in [0.717, 1.165) is 11.3 Å². The van der Waals surface area contributed by atoms with E-state index >= 15 is 0 Å². The Balaban J connectivity index is 2.25. The number of hydrogen-bond donors (Lipinski definition) is 2. The Morgan fingerprint density at radius 3 is 2.65 bits per heavy atom. The van der Waals surface area contributed by atoms with Crippen LogP contribution in [0.4, 0.5) is 0 Å². The van der Waals surface area contributed by atoms with E-state index in [2.05, 4.69) is 10.4 Å². The number of aryl methyl sites for hydroxylation is 2. The first-order valence-corrected chi connectivity index (χ1v) is 6.54. The van der Waals surface area contributed by atoms with Gasteiger partial charge in [-0.05, 0) is 25.5 Å². The highest BCUT2D eigenvalue weighted by atomic mass is 16.3. The molecule has 1 aromatic heterocycles. The van der Waals surface area contributed by atoms with E-state index in [-0.39, 0.29) is 18.6 Å². The highest BCUT2D eigenvalue weighted by Crippen LogP contribution is 2.20. The minimum absolute atomic E-state index is 0.0939. The average Bonchev–Trinajstić information content (AvgIpc) is 2.81. The van der Waals surface area contributed by atoms with Gasteiger partial charge in [-0.2, -0.15) is 5.10 Å². The number of amides is 1. The summed E-state index contributed by atoms with van der Waals surface area (Å²) < 4.78 is 1.68. The Bertz CT molecular complexity index is 602. The summed E-state index contributed by atoms with van der Waals surface area (Å²) in [6.45, 7) is 3.67. The Morgan fingerprint density at radius 1 is 1.40 bits per heavy atom. The molecule has 0 bridgehead atoms. The summed E-state index contributed by atoms with van der Waals surface area (Å²) in [4.78, 5) is 12.0. The Morgan fingerprint density at radius 2 is 2.05 bits per heavy atom. The van der Waals surface area contributed by atoms with Gasteiger partial charge in [0.1, 0.15) is 0 Å². The molecule has 5 heteroatoms. The van der Waals surface area contributed by atoms with Crippen LogP contribution in [0, 0.1) is 6.92 Å². The molecular formula is C15H19N3O2. The lowest BCUT2D eigenvalue weighted by Crippen LogP contribution is -2.35. The predicted octanol–water partition coefficient (Wildman–Crippen LogP) is 1.51. The van der Waals surface area contributed by atoms with Crippen molar-refractivity contribution in [2.45, 2.75) is 19.9 Å². The van der Waals surface area contributed by atoms with E-state index in [1.807, 2.05) is 31.2 Å². The van der Waals surface area contributed by atoms with Crippen LogP contribution < -0.4 is 5.32 Å². The third-order valence-corrected chi connectivity index (χ3v) is 3.11. The highest BCUT2D eigenvalue weighted by molar-refractivity contribution is 5.93. The Hall–Kier alpha value is -2.14. The summed E-state index contributed by atoms with van der Waals surface area (Å²) in [5, 5.41) is 15.9. The molecule has 0 radical (unpaired) electrons. The lowest BCUT2D eigenvalue weighted by atomic mass is 10.1. The van der Waals surface area contributed by atoms with Crippen molar-refractivity contribution in [1.29, 1.82) is 0 Å². The number of aliphatic hydroxyl groups excluding tert-OH is 1. The summed E-state index contributed by atoms with van der Waals surface area (Å²) in [5.74, 6) is -0.277. The first-order valence-electron chi connectivity index (χ1n) is 6.54. The topological polar surface area (TPSA) is 67.2 Å². The maximum atomic E-state index is 12.0. The number of rotatable bonds is 4. The van der Waals surface area contributed by atoms with Crippen LogP contribution in [0.2, 0.25) is 0 Å². The Labute approximate surface area is 118 Å². The van der Waals surface area contributed by atoms with Crippen LogP contribution in [0.5, 0.6) is 0 Å². The average molecular weight is 273 g/mol. The molecule has 1 amide bonds. The third-order valence-electron chi connectivity index (χ3n) is 3.11. The number of aromatic nitrogens is 2. The summed E-state index contributed by atoms with van der Waals surface area (Å²) in [7, 11) is 1.81. The van der Waals surface area contributed by atoms with E-state index in [9.17, 15) is 4.79 Å². The molecule has 1 atom stereocenters. The van der Waals surface area contributed by atoms with Crippen LogP contribution in [0.25, 0.3) is 11.3 Å². The zero-order valence-electron chi connectivity index (χ0n) is 11.9. The predicted molar refractivity (Wildman–Crippen MR) is 77.4 cm³/mol. The van der Waals surface area contributed by atoms with Crippen molar-refractivity contribution in [2.24, 2.45) is 7.05 Å². The molecule has 0 unspecified atom stereocenters. The van der Waals surface area contributed by atoms with Gasteiger partial charge in [-0.3, -0.25) is 9.48 Å². The molecule has 106 valence electrons. The maximum Gasteiger partial charge on any atom is 0.272 e. The van der Waals surface area contributed by atoms with Crippen molar-refractivity contribution in [3.63, 3.8) is 0 Å². The molecule has 0 saturated carbocycles. The minimum Gasteiger partial charge on any atom is -0.394 e. The third kappa shape index (κ3) is 3.05. The van der Waals surface area contributed by atoms with Crippen molar-refractivity contribution < 1.29 is 9.90 Å². The van der Waals surface area contributed by atoms with Crippen molar-refractivity contribution in [3.8, 4) is 11.3 Å². The van der Waals surface area contributed by atoms with E-state index in [0.29, 0.717) is 5.69 Å². The van der Waals surface area contributed by atoms with Crippen LogP contribution in [-0.4, -0.2) is 33.4 Å². The molecule has 2 N–H and O–H groups in total. The minimum atomic E-state index is -0.285. The van der Waals surface area contributed by atoms with Crippen molar-refractivity contribution in [3.05, 3.63) is 41.6 Å². The molecule has 0 aliphatic heterocycles. The first kappa shape index (κ1) is 14.3. The van der Waals surface area contributed by atoms with Gasteiger partial charge < -0.3 is 10.4 Å². The van der Waals surface area contributed by atoms with Gasteiger partial charge in [0.2, 0.25) is 0 Å².